The van der Waals surface area contributed by atoms with E-state index < -0.39 is 0 Å². The number of nitrogens with zero attached hydrogens (tertiary/aromatic N) is 2. The van der Waals surface area contributed by atoms with Crippen LogP contribution >= 0.6 is 11.3 Å². The number of halogens is 1. The van der Waals surface area contributed by atoms with Crippen LogP contribution in [0.4, 0.5) is 4.39 Å². The molecule has 6 nitrogen and oxygen atoms in total. The summed E-state index contributed by atoms with van der Waals surface area (Å²) < 4.78 is 13.1. The highest BCUT2D eigenvalue weighted by molar-refractivity contribution is 7.11. The number of benzene rings is 1. The number of hydrogen-bond donors (Lipinski definition) is 3. The van der Waals surface area contributed by atoms with Crippen LogP contribution in [0.3, 0.4) is 0 Å². The highest BCUT2D eigenvalue weighted by atomic mass is 32.1. The van der Waals surface area contributed by atoms with Crippen LogP contribution in [-0.2, 0) is 24.1 Å². The van der Waals surface area contributed by atoms with Gasteiger partial charge in [-0.15, -0.1) is 11.3 Å². The second-order valence-corrected chi connectivity index (χ2v) is 7.11. The van der Waals surface area contributed by atoms with Gasteiger partial charge in [0.2, 0.25) is 5.91 Å². The molecule has 0 aliphatic carbocycles. The highest BCUT2D eigenvalue weighted by Gasteiger charge is 2.05. The maximum absolute atomic E-state index is 13.1. The fourth-order valence-corrected chi connectivity index (χ4v) is 3.28. The van der Waals surface area contributed by atoms with E-state index in [0.29, 0.717) is 24.6 Å². The van der Waals surface area contributed by atoms with Crippen molar-refractivity contribution in [2.75, 3.05) is 26.7 Å². The van der Waals surface area contributed by atoms with E-state index in [1.165, 1.54) is 17.0 Å². The van der Waals surface area contributed by atoms with Crippen molar-refractivity contribution >= 4 is 23.2 Å². The zero-order chi connectivity index (χ0) is 19.5. The first-order valence-electron chi connectivity index (χ1n) is 9.00. The Morgan fingerprint density at radius 1 is 1.22 bits per heavy atom. The molecule has 0 fully saturated rings. The lowest BCUT2D eigenvalue weighted by Gasteiger charge is -2.12. The summed E-state index contributed by atoms with van der Waals surface area (Å²) in [6.07, 6.45) is 3.95. The number of guanidine groups is 1. The minimum Gasteiger partial charge on any atom is -0.356 e. The predicted octanol–water partition coefficient (Wildman–Crippen LogP) is 1.91. The molecular formula is C19H26FN5OS. The van der Waals surface area contributed by atoms with Gasteiger partial charge in [-0.05, 0) is 24.1 Å². The van der Waals surface area contributed by atoms with Crippen LogP contribution < -0.4 is 16.0 Å². The van der Waals surface area contributed by atoms with Gasteiger partial charge in [0.05, 0.1) is 11.4 Å². The third-order valence-corrected chi connectivity index (χ3v) is 5.00. The third kappa shape index (κ3) is 7.74. The summed E-state index contributed by atoms with van der Waals surface area (Å²) in [5.41, 5.74) is 0.659. The van der Waals surface area contributed by atoms with Crippen LogP contribution in [0.5, 0.6) is 0 Å². The molecule has 1 heterocycles. The molecule has 2 aromatic rings. The topological polar surface area (TPSA) is 78.4 Å². The van der Waals surface area contributed by atoms with Crippen molar-refractivity contribution in [3.8, 4) is 0 Å². The Balaban J connectivity index is 1.60. The molecule has 27 heavy (non-hydrogen) atoms. The highest BCUT2D eigenvalue weighted by Crippen LogP contribution is 2.13. The number of rotatable bonds is 9. The average molecular weight is 392 g/mol. The summed E-state index contributed by atoms with van der Waals surface area (Å²) in [6, 6.07) is 6.07. The quantitative estimate of drug-likeness (QED) is 0.347. The Hall–Kier alpha value is -2.48. The summed E-state index contributed by atoms with van der Waals surface area (Å²) in [4.78, 5) is 21.7. The number of aryl methyl sites for hydroxylation is 1. The summed E-state index contributed by atoms with van der Waals surface area (Å²) in [7, 11) is 1.70. The second-order valence-electron chi connectivity index (χ2n) is 5.91. The van der Waals surface area contributed by atoms with Crippen molar-refractivity contribution in [3.63, 3.8) is 0 Å². The van der Waals surface area contributed by atoms with E-state index in [2.05, 4.69) is 32.9 Å². The first kappa shape index (κ1) is 20.8. The molecule has 1 aromatic heterocycles. The molecular weight excluding hydrogens is 365 g/mol. The van der Waals surface area contributed by atoms with Gasteiger partial charge in [0.15, 0.2) is 5.96 Å². The minimum absolute atomic E-state index is 0.138. The van der Waals surface area contributed by atoms with Gasteiger partial charge >= 0.3 is 0 Å². The van der Waals surface area contributed by atoms with Crippen LogP contribution in [0.2, 0.25) is 0 Å². The van der Waals surface area contributed by atoms with Crippen LogP contribution in [0.15, 0.2) is 35.5 Å². The lowest BCUT2D eigenvalue weighted by atomic mass is 10.1. The number of aromatic nitrogens is 1. The van der Waals surface area contributed by atoms with Gasteiger partial charge in [-0.2, -0.15) is 0 Å². The summed E-state index contributed by atoms with van der Waals surface area (Å²) in [5, 5.41) is 10.3. The van der Waals surface area contributed by atoms with Crippen molar-refractivity contribution in [2.45, 2.75) is 26.2 Å². The van der Waals surface area contributed by atoms with E-state index in [9.17, 15) is 9.18 Å². The van der Waals surface area contributed by atoms with Gasteiger partial charge in [0.1, 0.15) is 5.82 Å². The summed E-state index contributed by atoms with van der Waals surface area (Å²) in [6.45, 7) is 3.87. The Morgan fingerprint density at radius 2 is 2.00 bits per heavy atom. The molecule has 0 unspecified atom stereocenters. The second kappa shape index (κ2) is 11.3. The molecule has 0 spiro atoms. The van der Waals surface area contributed by atoms with E-state index in [-0.39, 0.29) is 18.1 Å². The Morgan fingerprint density at radius 3 is 2.70 bits per heavy atom. The molecule has 2 rings (SSSR count). The fourth-order valence-electron chi connectivity index (χ4n) is 2.41. The monoisotopic (exact) mass is 391 g/mol. The number of carbonyl (C=O) groups excluding carboxylic acids is 1. The molecule has 0 saturated heterocycles. The van der Waals surface area contributed by atoms with E-state index >= 15 is 0 Å². The number of thiazole rings is 1. The number of carbonyl (C=O) groups is 1. The Bertz CT molecular complexity index is 762. The smallest absolute Gasteiger partial charge is 0.224 e. The van der Waals surface area contributed by atoms with Gasteiger partial charge in [-0.1, -0.05) is 19.1 Å². The van der Waals surface area contributed by atoms with Crippen molar-refractivity contribution < 1.29 is 9.18 Å². The van der Waals surface area contributed by atoms with Gasteiger partial charge in [0.25, 0.3) is 0 Å². The van der Waals surface area contributed by atoms with Crippen molar-refractivity contribution in [1.29, 1.82) is 0 Å². The minimum atomic E-state index is -0.333. The zero-order valence-corrected chi connectivity index (χ0v) is 16.5. The predicted molar refractivity (Wildman–Crippen MR) is 108 cm³/mol. The molecule has 0 radical (unpaired) electrons. The molecule has 0 saturated carbocycles. The Kier molecular flexibility index (Phi) is 8.70. The van der Waals surface area contributed by atoms with Crippen molar-refractivity contribution in [1.82, 2.24) is 20.9 Å². The first-order valence-corrected chi connectivity index (χ1v) is 9.81. The van der Waals surface area contributed by atoms with E-state index in [1.54, 1.807) is 30.5 Å². The average Bonchev–Trinajstić information content (AvgIpc) is 3.11. The fraction of sp³-hybridized carbons (Fsp3) is 0.421. The molecule has 0 atom stereocenters. The summed E-state index contributed by atoms with van der Waals surface area (Å²) in [5.74, 6) is 0.211. The van der Waals surface area contributed by atoms with Crippen molar-refractivity contribution in [3.05, 3.63) is 51.7 Å². The molecule has 0 aliphatic rings. The number of aliphatic imine (C=N–C) groups is 1. The molecule has 1 amide bonds. The first-order chi connectivity index (χ1) is 13.1. The number of nitrogens with one attached hydrogen (secondary N) is 3. The normalized spacial score (nSPS) is 11.3. The molecule has 3 N–H and O–H groups in total. The number of hydrogen-bond acceptors (Lipinski definition) is 4. The van der Waals surface area contributed by atoms with Crippen LogP contribution in [0, 0.1) is 5.82 Å². The van der Waals surface area contributed by atoms with Crippen LogP contribution in [0.25, 0.3) is 0 Å². The van der Waals surface area contributed by atoms with Gasteiger partial charge in [0, 0.05) is 44.2 Å². The zero-order valence-electron chi connectivity index (χ0n) is 15.7. The lowest BCUT2D eigenvalue weighted by molar-refractivity contribution is -0.120. The maximum Gasteiger partial charge on any atom is 0.224 e. The van der Waals surface area contributed by atoms with Crippen molar-refractivity contribution in [2.24, 2.45) is 4.99 Å². The molecule has 0 aliphatic heterocycles. The molecule has 0 bridgehead atoms. The summed E-state index contributed by atoms with van der Waals surface area (Å²) >= 11 is 1.74. The standard InChI is InChI=1S/C19H26FN5OS/c1-3-16-13-25-18(27-16)7-8-23-19(21-2)24-10-9-22-17(26)12-14-5-4-6-15(20)11-14/h4-6,11,13H,3,7-10,12H2,1-2H3,(H,22,26)(H2,21,23,24). The van der Waals surface area contributed by atoms with E-state index in [1.807, 2.05) is 6.20 Å². The van der Waals surface area contributed by atoms with Crippen LogP contribution in [-0.4, -0.2) is 43.5 Å². The largest absolute Gasteiger partial charge is 0.356 e. The lowest BCUT2D eigenvalue weighted by Crippen LogP contribution is -2.42. The third-order valence-electron chi connectivity index (χ3n) is 3.80. The molecule has 1 aromatic carbocycles. The maximum atomic E-state index is 13.1. The SMILES string of the molecule is CCc1cnc(CCNC(=NC)NCCNC(=O)Cc2cccc(F)c2)s1. The van der Waals surface area contributed by atoms with Gasteiger partial charge in [-0.3, -0.25) is 9.79 Å². The molecule has 8 heteroatoms. The molecule has 146 valence electrons. The van der Waals surface area contributed by atoms with Gasteiger partial charge in [-0.25, -0.2) is 9.37 Å². The van der Waals surface area contributed by atoms with Gasteiger partial charge < -0.3 is 16.0 Å². The van der Waals surface area contributed by atoms with Crippen LogP contribution in [0.1, 0.15) is 22.4 Å². The van der Waals surface area contributed by atoms with E-state index in [4.69, 9.17) is 0 Å². The number of amides is 1. The Labute approximate surface area is 163 Å². The van der Waals surface area contributed by atoms with E-state index in [0.717, 1.165) is 24.4 Å².